The summed E-state index contributed by atoms with van der Waals surface area (Å²) < 4.78 is 0. The molecule has 0 aromatic rings. The molecule has 2 fully saturated rings. The SMILES string of the molecule is C=C(C)[C@@H]1CC[C@]2(C)[C@@H]1CC[C@]1(C)C=C[C@@](C)(O)CC[C@@H]21. The molecule has 2 saturated carbocycles. The van der Waals surface area contributed by atoms with E-state index in [-0.39, 0.29) is 5.41 Å². The molecule has 0 aliphatic heterocycles. The van der Waals surface area contributed by atoms with Gasteiger partial charge in [-0.2, -0.15) is 0 Å². The van der Waals surface area contributed by atoms with Crippen LogP contribution in [0.3, 0.4) is 0 Å². The second kappa shape index (κ2) is 4.72. The lowest BCUT2D eigenvalue weighted by atomic mass is 9.51. The third-order valence-corrected chi connectivity index (χ3v) is 7.31. The van der Waals surface area contributed by atoms with Gasteiger partial charge in [0.25, 0.3) is 0 Å². The molecule has 0 radical (unpaired) electrons. The van der Waals surface area contributed by atoms with Crippen LogP contribution in [0.5, 0.6) is 0 Å². The van der Waals surface area contributed by atoms with Crippen LogP contribution in [-0.4, -0.2) is 10.7 Å². The van der Waals surface area contributed by atoms with E-state index in [4.69, 9.17) is 0 Å². The Labute approximate surface area is 130 Å². The van der Waals surface area contributed by atoms with E-state index in [1.165, 1.54) is 31.3 Å². The fourth-order valence-electron chi connectivity index (χ4n) is 6.01. The van der Waals surface area contributed by atoms with E-state index in [0.717, 1.165) is 24.7 Å². The van der Waals surface area contributed by atoms with E-state index in [0.29, 0.717) is 11.3 Å². The van der Waals surface area contributed by atoms with Gasteiger partial charge in [0.2, 0.25) is 0 Å². The Balaban J connectivity index is 1.96. The Kier molecular flexibility index (Phi) is 3.44. The zero-order valence-corrected chi connectivity index (χ0v) is 14.3. The van der Waals surface area contributed by atoms with Gasteiger partial charge in [0, 0.05) is 0 Å². The molecule has 3 aliphatic rings. The molecule has 6 atom stereocenters. The fraction of sp³-hybridized carbons (Fsp3) is 0.800. The van der Waals surface area contributed by atoms with Crippen molar-refractivity contribution < 1.29 is 5.11 Å². The normalized spacial score (nSPS) is 52.9. The van der Waals surface area contributed by atoms with Crippen LogP contribution in [-0.2, 0) is 0 Å². The van der Waals surface area contributed by atoms with Crippen molar-refractivity contribution in [1.29, 1.82) is 0 Å². The van der Waals surface area contributed by atoms with E-state index in [2.05, 4.69) is 39.5 Å². The Morgan fingerprint density at radius 1 is 1.05 bits per heavy atom. The van der Waals surface area contributed by atoms with Crippen molar-refractivity contribution >= 4 is 0 Å². The van der Waals surface area contributed by atoms with Crippen molar-refractivity contribution in [1.82, 2.24) is 0 Å². The maximum Gasteiger partial charge on any atom is 0.0800 e. The van der Waals surface area contributed by atoms with Crippen molar-refractivity contribution in [2.45, 2.75) is 71.8 Å². The Bertz CT molecular complexity index is 474. The lowest BCUT2D eigenvalue weighted by Gasteiger charge is -2.54. The van der Waals surface area contributed by atoms with Crippen molar-refractivity contribution in [3.05, 3.63) is 24.3 Å². The molecule has 0 amide bonds. The largest absolute Gasteiger partial charge is 0.386 e. The summed E-state index contributed by atoms with van der Waals surface area (Å²) in [5.74, 6) is 2.25. The zero-order valence-electron chi connectivity index (χ0n) is 14.3. The Morgan fingerprint density at radius 3 is 2.43 bits per heavy atom. The van der Waals surface area contributed by atoms with Crippen LogP contribution in [0.4, 0.5) is 0 Å². The summed E-state index contributed by atoms with van der Waals surface area (Å²) in [6.07, 6.45) is 11.8. The zero-order chi connectivity index (χ0) is 15.5. The van der Waals surface area contributed by atoms with Crippen LogP contribution in [0, 0.1) is 28.6 Å². The molecule has 21 heavy (non-hydrogen) atoms. The van der Waals surface area contributed by atoms with Crippen LogP contribution >= 0.6 is 0 Å². The maximum atomic E-state index is 10.5. The van der Waals surface area contributed by atoms with Crippen LogP contribution in [0.2, 0.25) is 0 Å². The molecular formula is C20H32O. The number of aliphatic hydroxyl groups is 1. The van der Waals surface area contributed by atoms with Gasteiger partial charge in [-0.1, -0.05) is 38.2 Å². The monoisotopic (exact) mass is 288 g/mol. The molecule has 0 aromatic heterocycles. The molecule has 0 heterocycles. The molecule has 0 spiro atoms. The molecule has 3 rings (SSSR count). The number of allylic oxidation sites excluding steroid dienone is 2. The predicted octanol–water partition coefficient (Wildman–Crippen LogP) is 5.11. The summed E-state index contributed by atoms with van der Waals surface area (Å²) in [6.45, 7) is 13.4. The van der Waals surface area contributed by atoms with E-state index in [9.17, 15) is 5.11 Å². The summed E-state index contributed by atoms with van der Waals surface area (Å²) in [7, 11) is 0. The van der Waals surface area contributed by atoms with Gasteiger partial charge in [-0.15, -0.1) is 0 Å². The lowest BCUT2D eigenvalue weighted by Crippen LogP contribution is -2.46. The second-order valence-electron chi connectivity index (χ2n) is 8.93. The molecule has 1 N–H and O–H groups in total. The standard InChI is InChI=1S/C20H32O/c1-14(2)15-6-11-20(5)16(15)7-9-18(3)12-13-19(4,21)10-8-17(18)20/h12-13,15-17,21H,1,6-11H2,2-5H3/t15-,16+,17+,18+,19-,20+/m0/s1. The Hall–Kier alpha value is -0.560. The minimum atomic E-state index is -0.613. The van der Waals surface area contributed by atoms with Gasteiger partial charge in [-0.05, 0) is 81.0 Å². The summed E-state index contributed by atoms with van der Waals surface area (Å²) in [5.41, 5.74) is 1.49. The van der Waals surface area contributed by atoms with E-state index in [1.807, 2.05) is 6.92 Å². The van der Waals surface area contributed by atoms with Crippen LogP contribution in [0.1, 0.15) is 66.2 Å². The van der Waals surface area contributed by atoms with Gasteiger partial charge in [0.15, 0.2) is 0 Å². The van der Waals surface area contributed by atoms with Crippen LogP contribution < -0.4 is 0 Å². The average Bonchev–Trinajstić information content (AvgIpc) is 2.66. The van der Waals surface area contributed by atoms with Crippen molar-refractivity contribution in [3.8, 4) is 0 Å². The van der Waals surface area contributed by atoms with Crippen LogP contribution in [0.15, 0.2) is 24.3 Å². The number of fused-ring (bicyclic) bond motifs is 3. The molecule has 3 aliphatic carbocycles. The molecule has 0 aromatic carbocycles. The topological polar surface area (TPSA) is 20.2 Å². The fourth-order valence-corrected chi connectivity index (χ4v) is 6.01. The first-order chi connectivity index (χ1) is 9.68. The molecule has 0 saturated heterocycles. The minimum absolute atomic E-state index is 0.274. The number of rotatable bonds is 1. The first-order valence-electron chi connectivity index (χ1n) is 8.76. The highest BCUT2D eigenvalue weighted by atomic mass is 16.3. The average molecular weight is 288 g/mol. The van der Waals surface area contributed by atoms with E-state index in [1.54, 1.807) is 0 Å². The third kappa shape index (κ3) is 2.32. The predicted molar refractivity (Wildman–Crippen MR) is 89.0 cm³/mol. The molecule has 0 unspecified atom stereocenters. The third-order valence-electron chi connectivity index (χ3n) is 7.31. The molecule has 1 heteroatoms. The summed E-state index contributed by atoms with van der Waals surface area (Å²) in [6, 6.07) is 0. The summed E-state index contributed by atoms with van der Waals surface area (Å²) in [4.78, 5) is 0. The highest BCUT2D eigenvalue weighted by Crippen LogP contribution is 2.65. The highest BCUT2D eigenvalue weighted by molar-refractivity contribution is 5.19. The van der Waals surface area contributed by atoms with Crippen LogP contribution in [0.25, 0.3) is 0 Å². The quantitative estimate of drug-likeness (QED) is 0.665. The highest BCUT2D eigenvalue weighted by Gasteiger charge is 2.57. The lowest BCUT2D eigenvalue weighted by molar-refractivity contribution is -0.0311. The van der Waals surface area contributed by atoms with E-state index >= 15 is 0 Å². The van der Waals surface area contributed by atoms with E-state index < -0.39 is 5.60 Å². The number of hydrogen-bond donors (Lipinski definition) is 1. The van der Waals surface area contributed by atoms with Crippen molar-refractivity contribution in [2.24, 2.45) is 28.6 Å². The van der Waals surface area contributed by atoms with Gasteiger partial charge in [-0.25, -0.2) is 0 Å². The van der Waals surface area contributed by atoms with Gasteiger partial charge in [0.1, 0.15) is 0 Å². The van der Waals surface area contributed by atoms with Gasteiger partial charge < -0.3 is 5.11 Å². The van der Waals surface area contributed by atoms with Gasteiger partial charge in [-0.3, -0.25) is 0 Å². The second-order valence-corrected chi connectivity index (χ2v) is 8.93. The first kappa shape index (κ1) is 15.3. The maximum absolute atomic E-state index is 10.5. The molecular weight excluding hydrogens is 256 g/mol. The summed E-state index contributed by atoms with van der Waals surface area (Å²) >= 11 is 0. The molecule has 1 nitrogen and oxygen atoms in total. The van der Waals surface area contributed by atoms with Crippen molar-refractivity contribution in [2.75, 3.05) is 0 Å². The Morgan fingerprint density at radius 2 is 1.76 bits per heavy atom. The number of hydrogen-bond acceptors (Lipinski definition) is 1. The molecule has 118 valence electrons. The van der Waals surface area contributed by atoms with Gasteiger partial charge in [0.05, 0.1) is 5.60 Å². The first-order valence-corrected chi connectivity index (χ1v) is 8.76. The summed E-state index contributed by atoms with van der Waals surface area (Å²) in [5, 5.41) is 10.5. The smallest absolute Gasteiger partial charge is 0.0800 e. The van der Waals surface area contributed by atoms with Crippen molar-refractivity contribution in [3.63, 3.8) is 0 Å². The molecule has 0 bridgehead atoms. The minimum Gasteiger partial charge on any atom is -0.386 e. The van der Waals surface area contributed by atoms with Gasteiger partial charge >= 0.3 is 0 Å².